The fourth-order valence-corrected chi connectivity index (χ4v) is 3.41. The van der Waals surface area contributed by atoms with Crippen LogP contribution in [0.1, 0.15) is 36.9 Å². The molecule has 7 nitrogen and oxygen atoms in total. The number of rotatable bonds is 3. The van der Waals surface area contributed by atoms with Crippen LogP contribution in [-0.4, -0.2) is 55.2 Å². The lowest BCUT2D eigenvalue weighted by Gasteiger charge is -2.36. The van der Waals surface area contributed by atoms with Gasteiger partial charge >= 0.3 is 0 Å². The fraction of sp³-hybridized carbons (Fsp3) is 0.500. The summed E-state index contributed by atoms with van der Waals surface area (Å²) in [4.78, 5) is 26.3. The van der Waals surface area contributed by atoms with Gasteiger partial charge in [-0.1, -0.05) is 0 Å². The molecule has 3 rings (SSSR count). The van der Waals surface area contributed by atoms with E-state index in [0.29, 0.717) is 36.6 Å². The molecule has 134 valence electrons. The number of methoxy groups -OCH3 is 2. The molecule has 1 atom stereocenters. The Labute approximate surface area is 147 Å². The van der Waals surface area contributed by atoms with E-state index in [1.807, 2.05) is 24.0 Å². The Kier molecular flexibility index (Phi) is 4.65. The Morgan fingerprint density at radius 2 is 1.84 bits per heavy atom. The summed E-state index contributed by atoms with van der Waals surface area (Å²) in [6.07, 6.45) is 1.46. The molecule has 1 aromatic carbocycles. The zero-order chi connectivity index (χ0) is 18.1. The molecule has 0 bridgehead atoms. The number of nitrogens with zero attached hydrogens (tertiary/aromatic N) is 3. The summed E-state index contributed by atoms with van der Waals surface area (Å²) in [6.45, 7) is 2.61. The van der Waals surface area contributed by atoms with Crippen molar-refractivity contribution in [3.8, 4) is 11.5 Å². The number of carbonyl (C=O) groups excluding carboxylic acids is 2. The lowest BCUT2D eigenvalue weighted by Crippen LogP contribution is -2.44. The van der Waals surface area contributed by atoms with E-state index in [-0.39, 0.29) is 17.9 Å². The van der Waals surface area contributed by atoms with Crippen LogP contribution < -0.4 is 9.47 Å². The van der Waals surface area contributed by atoms with Gasteiger partial charge in [0.1, 0.15) is 5.71 Å². The van der Waals surface area contributed by atoms with E-state index >= 15 is 0 Å². The van der Waals surface area contributed by atoms with E-state index in [1.165, 1.54) is 5.01 Å². The van der Waals surface area contributed by atoms with Crippen LogP contribution in [0.3, 0.4) is 0 Å². The van der Waals surface area contributed by atoms with Gasteiger partial charge in [0.15, 0.2) is 11.5 Å². The summed E-state index contributed by atoms with van der Waals surface area (Å²) >= 11 is 0. The summed E-state index contributed by atoms with van der Waals surface area (Å²) in [5.41, 5.74) is 2.66. The lowest BCUT2D eigenvalue weighted by molar-refractivity contribution is -0.131. The first-order valence-electron chi connectivity index (χ1n) is 8.36. The Hall–Kier alpha value is -2.57. The molecule has 0 saturated carbocycles. The molecule has 0 saturated heterocycles. The molecule has 0 fully saturated rings. The second-order valence-electron chi connectivity index (χ2n) is 6.29. The number of ether oxygens (including phenoxy) is 2. The number of amides is 2. The van der Waals surface area contributed by atoms with Gasteiger partial charge in [0, 0.05) is 26.4 Å². The molecule has 0 aromatic heterocycles. The van der Waals surface area contributed by atoms with E-state index in [1.54, 1.807) is 21.3 Å². The number of carbonyl (C=O) groups is 2. The maximum absolute atomic E-state index is 12.9. The van der Waals surface area contributed by atoms with Crippen molar-refractivity contribution in [1.29, 1.82) is 0 Å². The number of hydrogen-bond donors (Lipinski definition) is 0. The Morgan fingerprint density at radius 1 is 1.16 bits per heavy atom. The lowest BCUT2D eigenvalue weighted by atomic mass is 9.92. The van der Waals surface area contributed by atoms with Gasteiger partial charge in [-0.3, -0.25) is 9.59 Å². The molecule has 0 radical (unpaired) electrons. The highest BCUT2D eigenvalue weighted by Crippen LogP contribution is 2.38. The van der Waals surface area contributed by atoms with Crippen molar-refractivity contribution in [1.82, 2.24) is 9.91 Å². The molecule has 0 N–H and O–H groups in total. The molecule has 0 unspecified atom stereocenters. The predicted octanol–water partition coefficient (Wildman–Crippen LogP) is 1.76. The maximum atomic E-state index is 12.9. The zero-order valence-electron chi connectivity index (χ0n) is 15.0. The van der Waals surface area contributed by atoms with Gasteiger partial charge < -0.3 is 14.4 Å². The third kappa shape index (κ3) is 3.06. The van der Waals surface area contributed by atoms with Crippen LogP contribution in [0, 0.1) is 0 Å². The van der Waals surface area contributed by atoms with E-state index in [9.17, 15) is 9.59 Å². The standard InChI is InChI=1S/C18H23N3O4/c1-11-13-10-16(25-4)15(24-3)9-12(13)7-8-21(11)18(23)14-5-6-17(22)20(2)19-14/h9-11H,5-8H2,1-4H3/t11-/m0/s1. The minimum absolute atomic E-state index is 0.0644. The van der Waals surface area contributed by atoms with E-state index in [0.717, 1.165) is 17.5 Å². The smallest absolute Gasteiger partial charge is 0.270 e. The molecule has 2 amide bonds. The molecule has 2 aliphatic rings. The number of benzene rings is 1. The van der Waals surface area contributed by atoms with Gasteiger partial charge in [0.25, 0.3) is 5.91 Å². The number of fused-ring (bicyclic) bond motifs is 1. The minimum Gasteiger partial charge on any atom is -0.493 e. The monoisotopic (exact) mass is 345 g/mol. The Bertz CT molecular complexity index is 744. The van der Waals surface area contributed by atoms with Crippen molar-refractivity contribution in [2.45, 2.75) is 32.2 Å². The van der Waals surface area contributed by atoms with Crippen molar-refractivity contribution >= 4 is 17.5 Å². The highest BCUT2D eigenvalue weighted by molar-refractivity contribution is 6.39. The first-order chi connectivity index (χ1) is 12.0. The Morgan fingerprint density at radius 3 is 2.48 bits per heavy atom. The number of hydrogen-bond acceptors (Lipinski definition) is 5. The highest BCUT2D eigenvalue weighted by Gasteiger charge is 2.33. The summed E-state index contributed by atoms with van der Waals surface area (Å²) in [7, 11) is 4.80. The first-order valence-corrected chi connectivity index (χ1v) is 8.36. The average molecular weight is 345 g/mol. The van der Waals surface area contributed by atoms with Crippen LogP contribution in [0.4, 0.5) is 0 Å². The predicted molar refractivity (Wildman–Crippen MR) is 92.8 cm³/mol. The molecule has 0 aliphatic carbocycles. The molecule has 25 heavy (non-hydrogen) atoms. The highest BCUT2D eigenvalue weighted by atomic mass is 16.5. The largest absolute Gasteiger partial charge is 0.493 e. The normalized spacial score (nSPS) is 20.1. The number of hydrazone groups is 1. The van der Waals surface area contributed by atoms with Gasteiger partial charge in [0.2, 0.25) is 5.91 Å². The summed E-state index contributed by atoms with van der Waals surface area (Å²) < 4.78 is 10.8. The first kappa shape index (κ1) is 17.3. The van der Waals surface area contributed by atoms with Gasteiger partial charge in [-0.15, -0.1) is 0 Å². The third-order valence-corrected chi connectivity index (χ3v) is 4.90. The zero-order valence-corrected chi connectivity index (χ0v) is 15.0. The topological polar surface area (TPSA) is 71.4 Å². The molecule has 1 aromatic rings. The average Bonchev–Trinajstić information content (AvgIpc) is 2.62. The maximum Gasteiger partial charge on any atom is 0.270 e. The van der Waals surface area contributed by atoms with Crippen LogP contribution in [0.25, 0.3) is 0 Å². The van der Waals surface area contributed by atoms with Crippen molar-refractivity contribution in [3.05, 3.63) is 23.3 Å². The molecule has 2 aliphatic heterocycles. The van der Waals surface area contributed by atoms with Gasteiger partial charge in [0.05, 0.1) is 20.3 Å². The van der Waals surface area contributed by atoms with Crippen molar-refractivity contribution in [3.63, 3.8) is 0 Å². The molecular formula is C18H23N3O4. The third-order valence-electron chi connectivity index (χ3n) is 4.90. The van der Waals surface area contributed by atoms with Crippen molar-refractivity contribution in [2.24, 2.45) is 5.10 Å². The quantitative estimate of drug-likeness (QED) is 0.837. The molecular weight excluding hydrogens is 322 g/mol. The molecule has 0 spiro atoms. The summed E-state index contributed by atoms with van der Waals surface area (Å²) in [5.74, 6) is 1.19. The van der Waals surface area contributed by atoms with Crippen LogP contribution in [-0.2, 0) is 16.0 Å². The van der Waals surface area contributed by atoms with Crippen LogP contribution in [0.15, 0.2) is 17.2 Å². The summed E-state index contributed by atoms with van der Waals surface area (Å²) in [5, 5.41) is 5.41. The molecule has 7 heteroatoms. The minimum atomic E-state index is -0.104. The fourth-order valence-electron chi connectivity index (χ4n) is 3.41. The van der Waals surface area contributed by atoms with E-state index in [2.05, 4.69) is 5.10 Å². The van der Waals surface area contributed by atoms with Crippen molar-refractivity contribution in [2.75, 3.05) is 27.8 Å². The van der Waals surface area contributed by atoms with Crippen molar-refractivity contribution < 1.29 is 19.1 Å². The SMILES string of the molecule is COc1cc2c(cc1OC)[C@H](C)N(C(=O)C1=NN(C)C(=O)CC1)CC2. The van der Waals surface area contributed by atoms with Gasteiger partial charge in [-0.2, -0.15) is 5.10 Å². The second kappa shape index (κ2) is 6.74. The van der Waals surface area contributed by atoms with E-state index < -0.39 is 0 Å². The van der Waals surface area contributed by atoms with Gasteiger partial charge in [-0.25, -0.2) is 5.01 Å². The van der Waals surface area contributed by atoms with Crippen LogP contribution in [0.5, 0.6) is 11.5 Å². The van der Waals surface area contributed by atoms with Crippen LogP contribution >= 0.6 is 0 Å². The second-order valence-corrected chi connectivity index (χ2v) is 6.29. The van der Waals surface area contributed by atoms with E-state index in [4.69, 9.17) is 9.47 Å². The molecule has 2 heterocycles. The summed E-state index contributed by atoms with van der Waals surface area (Å²) in [6, 6.07) is 3.83. The van der Waals surface area contributed by atoms with Gasteiger partial charge in [-0.05, 0) is 36.6 Å². The Balaban J connectivity index is 1.88. The van der Waals surface area contributed by atoms with Crippen LogP contribution in [0.2, 0.25) is 0 Å².